The molecule has 0 atom stereocenters. The fraction of sp³-hybridized carbons (Fsp3) is 0.455. The van der Waals surface area contributed by atoms with Gasteiger partial charge in [-0.3, -0.25) is 9.78 Å². The molecule has 0 saturated carbocycles. The van der Waals surface area contributed by atoms with Crippen LogP contribution in [0.3, 0.4) is 0 Å². The summed E-state index contributed by atoms with van der Waals surface area (Å²) < 4.78 is 21.7. The molecule has 1 rings (SSSR count). The van der Waals surface area contributed by atoms with Crippen molar-refractivity contribution in [3.63, 3.8) is 0 Å². The van der Waals surface area contributed by atoms with Crippen molar-refractivity contribution in [2.45, 2.75) is 19.4 Å². The van der Waals surface area contributed by atoms with Gasteiger partial charge in [0.2, 0.25) is 5.91 Å². The molecule has 0 saturated heterocycles. The van der Waals surface area contributed by atoms with Crippen molar-refractivity contribution in [3.05, 3.63) is 30.1 Å². The number of carbonyl (C=O) groups is 1. The SMILES string of the molecule is CS(=O)(=O)CCCC(=O)NCc1cccnc1. The Morgan fingerprint density at radius 1 is 1.47 bits per heavy atom. The van der Waals surface area contributed by atoms with Crippen LogP contribution in [0.25, 0.3) is 0 Å². The predicted octanol–water partition coefficient (Wildman–Crippen LogP) is 0.523. The number of rotatable bonds is 6. The average molecular weight is 256 g/mol. The van der Waals surface area contributed by atoms with E-state index in [1.807, 2.05) is 6.07 Å². The lowest BCUT2D eigenvalue weighted by Gasteiger charge is -2.04. The summed E-state index contributed by atoms with van der Waals surface area (Å²) in [5.74, 6) is -0.0923. The van der Waals surface area contributed by atoms with Crippen LogP contribution in [0.5, 0.6) is 0 Å². The predicted molar refractivity (Wildman–Crippen MR) is 65.0 cm³/mol. The van der Waals surface area contributed by atoms with Crippen molar-refractivity contribution in [2.24, 2.45) is 0 Å². The van der Waals surface area contributed by atoms with E-state index in [4.69, 9.17) is 0 Å². The Morgan fingerprint density at radius 2 is 2.24 bits per heavy atom. The van der Waals surface area contributed by atoms with E-state index in [9.17, 15) is 13.2 Å². The van der Waals surface area contributed by atoms with Crippen molar-refractivity contribution < 1.29 is 13.2 Å². The first-order chi connectivity index (χ1) is 7.97. The third-order valence-electron chi connectivity index (χ3n) is 2.13. The number of amides is 1. The van der Waals surface area contributed by atoms with Crippen LogP contribution in [-0.2, 0) is 21.2 Å². The van der Waals surface area contributed by atoms with Crippen LogP contribution in [0.2, 0.25) is 0 Å². The highest BCUT2D eigenvalue weighted by Gasteiger charge is 2.05. The number of aromatic nitrogens is 1. The highest BCUT2D eigenvalue weighted by Crippen LogP contribution is 1.97. The molecule has 0 unspecified atom stereocenters. The highest BCUT2D eigenvalue weighted by molar-refractivity contribution is 7.90. The van der Waals surface area contributed by atoms with Crippen molar-refractivity contribution in [2.75, 3.05) is 12.0 Å². The number of nitrogens with zero attached hydrogens (tertiary/aromatic N) is 1. The Morgan fingerprint density at radius 3 is 2.82 bits per heavy atom. The summed E-state index contributed by atoms with van der Waals surface area (Å²) in [4.78, 5) is 15.3. The molecule has 94 valence electrons. The standard InChI is InChI=1S/C11H16N2O3S/c1-17(15,16)7-3-5-11(14)13-9-10-4-2-6-12-8-10/h2,4,6,8H,3,5,7,9H2,1H3,(H,13,14). The fourth-order valence-electron chi connectivity index (χ4n) is 1.29. The van der Waals surface area contributed by atoms with Crippen LogP contribution in [0.4, 0.5) is 0 Å². The van der Waals surface area contributed by atoms with Gasteiger partial charge in [0.25, 0.3) is 0 Å². The van der Waals surface area contributed by atoms with Crippen LogP contribution >= 0.6 is 0 Å². The second-order valence-corrected chi connectivity index (χ2v) is 6.13. The number of hydrogen-bond donors (Lipinski definition) is 1. The lowest BCUT2D eigenvalue weighted by Crippen LogP contribution is -2.23. The molecule has 0 radical (unpaired) electrons. The largest absolute Gasteiger partial charge is 0.352 e. The minimum atomic E-state index is -2.98. The van der Waals surface area contributed by atoms with Gasteiger partial charge >= 0.3 is 0 Å². The quantitative estimate of drug-likeness (QED) is 0.805. The van der Waals surface area contributed by atoms with Gasteiger partial charge in [-0.1, -0.05) is 6.07 Å². The minimum Gasteiger partial charge on any atom is -0.352 e. The Hall–Kier alpha value is -1.43. The van der Waals surface area contributed by atoms with Crippen molar-refractivity contribution in [1.29, 1.82) is 0 Å². The first-order valence-corrected chi connectivity index (χ1v) is 7.37. The molecule has 1 aromatic heterocycles. The second kappa shape index (κ2) is 6.34. The zero-order chi connectivity index (χ0) is 12.7. The first kappa shape index (κ1) is 13.6. The molecule has 0 aromatic carbocycles. The third-order valence-corrected chi connectivity index (χ3v) is 3.16. The maximum atomic E-state index is 11.4. The molecule has 1 amide bonds. The lowest BCUT2D eigenvalue weighted by molar-refractivity contribution is -0.121. The maximum Gasteiger partial charge on any atom is 0.220 e. The molecule has 0 spiro atoms. The molecule has 1 aromatic rings. The van der Waals surface area contributed by atoms with Crippen molar-refractivity contribution >= 4 is 15.7 Å². The number of sulfone groups is 1. The zero-order valence-corrected chi connectivity index (χ0v) is 10.5. The number of nitrogens with one attached hydrogen (secondary N) is 1. The highest BCUT2D eigenvalue weighted by atomic mass is 32.2. The molecule has 0 aliphatic rings. The average Bonchev–Trinajstić information content (AvgIpc) is 2.26. The Labute approximate surface area is 101 Å². The van der Waals surface area contributed by atoms with E-state index in [0.717, 1.165) is 5.56 Å². The van der Waals surface area contributed by atoms with E-state index in [0.29, 0.717) is 13.0 Å². The van der Waals surface area contributed by atoms with E-state index >= 15 is 0 Å². The smallest absolute Gasteiger partial charge is 0.220 e. The number of hydrogen-bond acceptors (Lipinski definition) is 4. The summed E-state index contributed by atoms with van der Waals surface area (Å²) >= 11 is 0. The van der Waals surface area contributed by atoms with Crippen LogP contribution in [0.15, 0.2) is 24.5 Å². The van der Waals surface area contributed by atoms with Gasteiger partial charge in [-0.05, 0) is 18.1 Å². The normalized spacial score (nSPS) is 11.1. The summed E-state index contributed by atoms with van der Waals surface area (Å²) in [7, 11) is -2.98. The molecule has 17 heavy (non-hydrogen) atoms. The molecule has 5 nitrogen and oxygen atoms in total. The number of pyridine rings is 1. The zero-order valence-electron chi connectivity index (χ0n) is 9.72. The van der Waals surface area contributed by atoms with E-state index in [1.54, 1.807) is 18.5 Å². The summed E-state index contributed by atoms with van der Waals surface area (Å²) in [5.41, 5.74) is 0.920. The molecule has 1 heterocycles. The summed E-state index contributed by atoms with van der Waals surface area (Å²) in [5, 5.41) is 2.71. The van der Waals surface area contributed by atoms with Gasteiger partial charge in [-0.15, -0.1) is 0 Å². The Bertz CT molecular complexity index is 457. The number of carbonyl (C=O) groups excluding carboxylic acids is 1. The van der Waals surface area contributed by atoms with Gasteiger partial charge in [-0.2, -0.15) is 0 Å². The third kappa shape index (κ3) is 6.68. The Balaban J connectivity index is 2.22. The van der Waals surface area contributed by atoms with Gasteiger partial charge in [0.05, 0.1) is 5.75 Å². The fourth-order valence-corrected chi connectivity index (χ4v) is 1.96. The van der Waals surface area contributed by atoms with Crippen LogP contribution < -0.4 is 5.32 Å². The molecule has 0 bridgehead atoms. The lowest BCUT2D eigenvalue weighted by atomic mass is 10.2. The van der Waals surface area contributed by atoms with Crippen LogP contribution in [0.1, 0.15) is 18.4 Å². The monoisotopic (exact) mass is 256 g/mol. The molecule has 0 aliphatic heterocycles. The summed E-state index contributed by atoms with van der Waals surface area (Å²) in [6, 6.07) is 3.66. The molecule has 0 fully saturated rings. The van der Waals surface area contributed by atoms with Gasteiger partial charge in [0.1, 0.15) is 9.84 Å². The van der Waals surface area contributed by atoms with Gasteiger partial charge in [0.15, 0.2) is 0 Å². The second-order valence-electron chi connectivity index (χ2n) is 3.87. The molecule has 6 heteroatoms. The van der Waals surface area contributed by atoms with Gasteiger partial charge in [0, 0.05) is 31.6 Å². The molecular formula is C11H16N2O3S. The van der Waals surface area contributed by atoms with E-state index in [-0.39, 0.29) is 18.1 Å². The van der Waals surface area contributed by atoms with Crippen LogP contribution in [0, 0.1) is 0 Å². The maximum absolute atomic E-state index is 11.4. The van der Waals surface area contributed by atoms with Crippen LogP contribution in [-0.4, -0.2) is 31.3 Å². The Kier molecular flexibility index (Phi) is 5.09. The van der Waals surface area contributed by atoms with Crippen molar-refractivity contribution in [3.8, 4) is 0 Å². The van der Waals surface area contributed by atoms with E-state index < -0.39 is 9.84 Å². The topological polar surface area (TPSA) is 76.1 Å². The van der Waals surface area contributed by atoms with Gasteiger partial charge < -0.3 is 5.32 Å². The molecular weight excluding hydrogens is 240 g/mol. The molecule has 1 N–H and O–H groups in total. The minimum absolute atomic E-state index is 0.0489. The van der Waals surface area contributed by atoms with E-state index in [2.05, 4.69) is 10.3 Å². The van der Waals surface area contributed by atoms with E-state index in [1.165, 1.54) is 6.26 Å². The first-order valence-electron chi connectivity index (χ1n) is 5.31. The summed E-state index contributed by atoms with van der Waals surface area (Å²) in [6.45, 7) is 0.422. The molecule has 0 aliphatic carbocycles. The summed E-state index contributed by atoms with van der Waals surface area (Å²) in [6.07, 6.45) is 5.10. The van der Waals surface area contributed by atoms with Crippen molar-refractivity contribution in [1.82, 2.24) is 10.3 Å². The van der Waals surface area contributed by atoms with Gasteiger partial charge in [-0.25, -0.2) is 8.42 Å².